The van der Waals surface area contributed by atoms with Gasteiger partial charge >= 0.3 is 6.09 Å². The van der Waals surface area contributed by atoms with E-state index in [1.807, 2.05) is 35.0 Å². The molecule has 1 aromatic carbocycles. The van der Waals surface area contributed by atoms with E-state index >= 15 is 0 Å². The lowest BCUT2D eigenvalue weighted by Crippen LogP contribution is -2.45. The molecule has 2 saturated heterocycles. The van der Waals surface area contributed by atoms with Crippen LogP contribution >= 0.6 is 11.3 Å². The Bertz CT molecular complexity index is 1630. The van der Waals surface area contributed by atoms with Crippen LogP contribution in [0, 0.1) is 0 Å². The largest absolute Gasteiger partial charge is 0.445 e. The van der Waals surface area contributed by atoms with E-state index < -0.39 is 0 Å². The van der Waals surface area contributed by atoms with E-state index in [9.17, 15) is 9.59 Å². The molecule has 1 unspecified atom stereocenters. The van der Waals surface area contributed by atoms with E-state index in [0.717, 1.165) is 77.9 Å². The summed E-state index contributed by atoms with van der Waals surface area (Å²) in [4.78, 5) is 37.3. The van der Waals surface area contributed by atoms with Crippen LogP contribution in [-0.2, 0) is 34.3 Å². The summed E-state index contributed by atoms with van der Waals surface area (Å²) in [5.41, 5.74) is 4.73. The lowest BCUT2D eigenvalue weighted by atomic mass is 9.79. The maximum absolute atomic E-state index is 13.4. The number of piperidine rings is 1. The number of benzene rings is 1. The number of aromatic nitrogens is 4. The van der Waals surface area contributed by atoms with E-state index in [2.05, 4.69) is 18.1 Å². The van der Waals surface area contributed by atoms with Crippen molar-refractivity contribution in [1.29, 1.82) is 0 Å². The number of aromatic amines is 1. The van der Waals surface area contributed by atoms with Crippen molar-refractivity contribution < 1.29 is 14.3 Å². The lowest BCUT2D eigenvalue weighted by molar-refractivity contribution is -0.0396. The number of hydrogen-bond donors (Lipinski definition) is 1. The molecule has 1 atom stereocenters. The molecule has 9 nitrogen and oxygen atoms in total. The minimum Gasteiger partial charge on any atom is -0.445 e. The second-order valence-corrected chi connectivity index (χ2v) is 12.8. The molecule has 0 saturated carbocycles. The molecule has 1 amide bonds. The highest BCUT2D eigenvalue weighted by atomic mass is 32.1. The molecule has 5 heterocycles. The summed E-state index contributed by atoms with van der Waals surface area (Å²) in [6.45, 7) is 4.28. The molecule has 3 aromatic heterocycles. The highest BCUT2D eigenvalue weighted by Crippen LogP contribution is 2.43. The lowest BCUT2D eigenvalue weighted by Gasteiger charge is -2.38. The van der Waals surface area contributed by atoms with Gasteiger partial charge in [0, 0.05) is 41.7 Å². The van der Waals surface area contributed by atoms with Gasteiger partial charge in [0.15, 0.2) is 0 Å². The van der Waals surface area contributed by atoms with Crippen molar-refractivity contribution in [1.82, 2.24) is 24.6 Å². The van der Waals surface area contributed by atoms with Crippen LogP contribution in [0.3, 0.4) is 0 Å². The van der Waals surface area contributed by atoms with E-state index in [0.29, 0.717) is 36.5 Å². The first-order valence-corrected chi connectivity index (χ1v) is 15.5. The number of H-pyrrole nitrogens is 1. The fraction of sp³-hybridized carbons (Fsp3) is 0.484. The first-order chi connectivity index (χ1) is 20.0. The van der Waals surface area contributed by atoms with Gasteiger partial charge in [-0.05, 0) is 62.5 Å². The van der Waals surface area contributed by atoms with Gasteiger partial charge in [0.05, 0.1) is 11.2 Å². The molecule has 1 aliphatic carbocycles. The van der Waals surface area contributed by atoms with Gasteiger partial charge in [0.2, 0.25) is 0 Å². The molecule has 214 valence electrons. The third kappa shape index (κ3) is 4.97. The van der Waals surface area contributed by atoms with Gasteiger partial charge in [-0.2, -0.15) is 5.10 Å². The average Bonchev–Trinajstić information content (AvgIpc) is 3.55. The Hall–Kier alpha value is -3.50. The number of rotatable bonds is 4. The third-order valence-electron chi connectivity index (χ3n) is 8.89. The molecule has 7 rings (SSSR count). The van der Waals surface area contributed by atoms with Crippen LogP contribution in [0.5, 0.6) is 0 Å². The van der Waals surface area contributed by atoms with Crippen molar-refractivity contribution in [3.63, 3.8) is 0 Å². The average molecular weight is 574 g/mol. The van der Waals surface area contributed by atoms with E-state index in [4.69, 9.17) is 19.6 Å². The number of likely N-dealkylation sites (tertiary alicyclic amines) is 1. The standard InChI is InChI=1S/C31H35N5O4S/c1-31(13-15-35(16-14-31)30(38)40-19-20-8-3-2-4-9-20)29-32-25-21-10-7-11-23-22(26(21)41-27(25)28(37)33-29)18-36(34-23)24-12-5-6-17-39-24/h2-4,8-9,18,24H,5-7,10-17,19H2,1H3,(H,32,33,37). The molecular weight excluding hydrogens is 538 g/mol. The summed E-state index contributed by atoms with van der Waals surface area (Å²) in [5.74, 6) is 0.712. The molecule has 0 radical (unpaired) electrons. The number of thiophene rings is 1. The Balaban J connectivity index is 1.13. The quantitative estimate of drug-likeness (QED) is 0.335. The Morgan fingerprint density at radius 2 is 2.00 bits per heavy atom. The van der Waals surface area contributed by atoms with Gasteiger partial charge in [-0.3, -0.25) is 4.79 Å². The summed E-state index contributed by atoms with van der Waals surface area (Å²) < 4.78 is 14.2. The van der Waals surface area contributed by atoms with Gasteiger partial charge < -0.3 is 19.4 Å². The van der Waals surface area contributed by atoms with E-state index in [-0.39, 0.29) is 29.9 Å². The molecule has 2 fully saturated rings. The third-order valence-corrected chi connectivity index (χ3v) is 10.1. The Morgan fingerprint density at radius 3 is 2.78 bits per heavy atom. The summed E-state index contributed by atoms with van der Waals surface area (Å²) in [7, 11) is 0. The zero-order chi connectivity index (χ0) is 28.0. The first kappa shape index (κ1) is 26.4. The van der Waals surface area contributed by atoms with Crippen molar-refractivity contribution in [2.45, 2.75) is 76.5 Å². The van der Waals surface area contributed by atoms with Crippen LogP contribution in [0.2, 0.25) is 0 Å². The monoisotopic (exact) mass is 573 g/mol. The predicted octanol–water partition coefficient (Wildman–Crippen LogP) is 5.73. The highest BCUT2D eigenvalue weighted by molar-refractivity contribution is 7.22. The van der Waals surface area contributed by atoms with Crippen LogP contribution in [-0.4, -0.2) is 50.4 Å². The molecule has 10 heteroatoms. The fourth-order valence-corrected chi connectivity index (χ4v) is 7.53. The molecular formula is C31H35N5O4S. The summed E-state index contributed by atoms with van der Waals surface area (Å²) >= 11 is 1.53. The van der Waals surface area contributed by atoms with Crippen molar-refractivity contribution in [2.75, 3.05) is 19.7 Å². The number of carbonyl (C=O) groups is 1. The van der Waals surface area contributed by atoms with Gasteiger partial charge in [0.25, 0.3) is 5.56 Å². The van der Waals surface area contributed by atoms with Crippen LogP contribution in [0.1, 0.15) is 74.3 Å². The molecule has 0 spiro atoms. The number of amides is 1. The molecule has 2 aliphatic heterocycles. The second kappa shape index (κ2) is 10.7. The highest BCUT2D eigenvalue weighted by Gasteiger charge is 2.37. The van der Waals surface area contributed by atoms with E-state index in [1.165, 1.54) is 11.3 Å². The van der Waals surface area contributed by atoms with Crippen LogP contribution in [0.4, 0.5) is 4.79 Å². The number of aryl methyl sites for hydroxylation is 2. The smallest absolute Gasteiger partial charge is 0.410 e. The number of nitrogens with zero attached hydrogens (tertiary/aromatic N) is 4. The molecule has 1 N–H and O–H groups in total. The first-order valence-electron chi connectivity index (χ1n) is 14.7. The van der Waals surface area contributed by atoms with Gasteiger partial charge in [-0.1, -0.05) is 37.3 Å². The number of hydrogen-bond acceptors (Lipinski definition) is 7. The van der Waals surface area contributed by atoms with Crippen molar-refractivity contribution in [2.24, 2.45) is 0 Å². The summed E-state index contributed by atoms with van der Waals surface area (Å²) in [6, 6.07) is 9.71. The number of ether oxygens (including phenoxy) is 2. The minimum absolute atomic E-state index is 0.0110. The second-order valence-electron chi connectivity index (χ2n) is 11.7. The van der Waals surface area contributed by atoms with Crippen LogP contribution in [0.15, 0.2) is 41.3 Å². The van der Waals surface area contributed by atoms with Gasteiger partial charge in [-0.15, -0.1) is 11.3 Å². The molecule has 41 heavy (non-hydrogen) atoms. The molecule has 0 bridgehead atoms. The Morgan fingerprint density at radius 1 is 1.17 bits per heavy atom. The van der Waals surface area contributed by atoms with Crippen molar-refractivity contribution in [3.8, 4) is 10.4 Å². The molecule has 3 aliphatic rings. The summed E-state index contributed by atoms with van der Waals surface area (Å²) in [6.07, 6.45) is 9.18. The topological polar surface area (TPSA) is 102 Å². The van der Waals surface area contributed by atoms with Crippen LogP contribution < -0.4 is 5.56 Å². The van der Waals surface area contributed by atoms with E-state index in [1.54, 1.807) is 4.90 Å². The molecule has 4 aromatic rings. The summed E-state index contributed by atoms with van der Waals surface area (Å²) in [5, 5.41) is 4.93. The predicted molar refractivity (Wildman–Crippen MR) is 157 cm³/mol. The van der Waals surface area contributed by atoms with Crippen molar-refractivity contribution >= 4 is 27.6 Å². The number of fused-ring (bicyclic) bond motifs is 5. The normalized spacial score (nSPS) is 20.3. The zero-order valence-electron chi connectivity index (χ0n) is 23.4. The zero-order valence-corrected chi connectivity index (χ0v) is 24.2. The van der Waals surface area contributed by atoms with Crippen LogP contribution in [0.25, 0.3) is 20.7 Å². The fourth-order valence-electron chi connectivity index (χ4n) is 6.31. The minimum atomic E-state index is -0.336. The van der Waals surface area contributed by atoms with Crippen molar-refractivity contribution in [3.05, 3.63) is 69.5 Å². The van der Waals surface area contributed by atoms with Gasteiger partial charge in [0.1, 0.15) is 23.4 Å². The maximum Gasteiger partial charge on any atom is 0.410 e. The number of carbonyl (C=O) groups excluding carboxylic acids is 1. The number of nitrogens with one attached hydrogen (secondary N) is 1. The SMILES string of the molecule is CC1(c2nc3c4c(sc3c(=O)[nH]2)-c2cn(C3CCCCO3)nc2CCC4)CCN(C(=O)OCc2ccccc2)CC1. The Labute approximate surface area is 242 Å². The van der Waals surface area contributed by atoms with Gasteiger partial charge in [-0.25, -0.2) is 14.5 Å². The Kier molecular flexibility index (Phi) is 6.90. The maximum atomic E-state index is 13.4.